The number of urea groups is 2. The van der Waals surface area contributed by atoms with Crippen LogP contribution in [0.5, 0.6) is 0 Å². The maximum Gasteiger partial charge on any atom is 0.331 e. The van der Waals surface area contributed by atoms with E-state index in [0.717, 1.165) is 23.3 Å². The number of rotatable bonds is 10. The molecule has 0 aliphatic heterocycles. The Morgan fingerprint density at radius 3 is 1.21 bits per heavy atom. The highest BCUT2D eigenvalue weighted by molar-refractivity contribution is 5.91. The normalized spacial score (nSPS) is 12.3. The van der Waals surface area contributed by atoms with Crippen molar-refractivity contribution in [2.75, 3.05) is 55.5 Å². The van der Waals surface area contributed by atoms with Crippen molar-refractivity contribution >= 4 is 24.0 Å². The van der Waals surface area contributed by atoms with Crippen molar-refractivity contribution in [3.8, 4) is 0 Å². The van der Waals surface area contributed by atoms with Crippen LogP contribution < -0.4 is 0 Å². The summed E-state index contributed by atoms with van der Waals surface area (Å²) in [4.78, 5) is 55.5. The van der Waals surface area contributed by atoms with E-state index in [2.05, 4.69) is 0 Å². The lowest BCUT2D eigenvalue weighted by atomic mass is 10.1. The van der Waals surface area contributed by atoms with Crippen LogP contribution in [0.15, 0.2) is 72.8 Å². The van der Waals surface area contributed by atoms with Crippen LogP contribution in [-0.4, -0.2) is 99.1 Å². The van der Waals surface area contributed by atoms with Crippen molar-refractivity contribution in [2.45, 2.75) is 12.1 Å². The number of likely N-dealkylation sites (N-methyl/N-ethyl adjacent to an activating group) is 2. The van der Waals surface area contributed by atoms with Gasteiger partial charge < -0.3 is 29.1 Å². The van der Waals surface area contributed by atoms with Gasteiger partial charge in [0.25, 0.3) is 0 Å². The van der Waals surface area contributed by atoms with Crippen LogP contribution in [0, 0.1) is 0 Å². The monoisotopic (exact) mass is 524 g/mol. The van der Waals surface area contributed by atoms with Crippen molar-refractivity contribution in [2.24, 2.45) is 0 Å². The Labute approximate surface area is 224 Å². The van der Waals surface area contributed by atoms with Gasteiger partial charge in [0.1, 0.15) is 13.2 Å². The van der Waals surface area contributed by atoms with Gasteiger partial charge in [-0.1, -0.05) is 60.7 Å². The van der Waals surface area contributed by atoms with Crippen LogP contribution in [0.4, 0.5) is 9.59 Å². The van der Waals surface area contributed by atoms with Crippen LogP contribution in [0.25, 0.3) is 0 Å². The number of esters is 2. The first-order chi connectivity index (χ1) is 18.0. The van der Waals surface area contributed by atoms with Crippen LogP contribution in [0.2, 0.25) is 0 Å². The molecule has 4 amide bonds. The molecule has 10 nitrogen and oxygen atoms in total. The van der Waals surface area contributed by atoms with E-state index in [1.807, 2.05) is 60.7 Å². The Morgan fingerprint density at radius 1 is 0.605 bits per heavy atom. The molecular weight excluding hydrogens is 488 g/mol. The van der Waals surface area contributed by atoms with Gasteiger partial charge in [-0.2, -0.15) is 0 Å². The smallest absolute Gasteiger partial charge is 0.331 e. The number of hydrogen-bond acceptors (Lipinski definition) is 6. The predicted octanol–water partition coefficient (Wildman–Crippen LogP) is 3.34. The molecule has 0 aliphatic carbocycles. The lowest BCUT2D eigenvalue weighted by molar-refractivity contribution is -0.142. The first-order valence-corrected chi connectivity index (χ1v) is 12.0. The van der Waals surface area contributed by atoms with Crippen LogP contribution in [0.3, 0.4) is 0 Å². The Morgan fingerprint density at radius 2 is 0.921 bits per heavy atom. The van der Waals surface area contributed by atoms with E-state index >= 15 is 0 Å². The van der Waals surface area contributed by atoms with Gasteiger partial charge in [0.05, 0.1) is 12.1 Å². The summed E-state index contributed by atoms with van der Waals surface area (Å²) in [5, 5.41) is 0. The van der Waals surface area contributed by atoms with Gasteiger partial charge in [-0.15, -0.1) is 0 Å². The molecule has 0 bridgehead atoms. The van der Waals surface area contributed by atoms with Crippen molar-refractivity contribution < 1.29 is 28.7 Å². The van der Waals surface area contributed by atoms with E-state index in [9.17, 15) is 19.2 Å². The lowest BCUT2D eigenvalue weighted by Gasteiger charge is -2.30. The van der Waals surface area contributed by atoms with Gasteiger partial charge >= 0.3 is 24.0 Å². The number of hydrogen-bond donors (Lipinski definition) is 0. The SMILES string of the molecule is CN(C)C(=O)N(C)[C@H](COC(=O)/C=C/C(=O)OC[C@H](c1ccccc1)N(C)C(=O)N(C)C)c1ccccc1. The molecule has 2 atom stereocenters. The number of ether oxygens (including phenoxy) is 2. The highest BCUT2D eigenvalue weighted by Gasteiger charge is 2.25. The first kappa shape index (κ1) is 29.9. The molecule has 10 heteroatoms. The zero-order valence-corrected chi connectivity index (χ0v) is 22.7. The number of amides is 4. The molecule has 2 aromatic carbocycles. The number of carbonyl (C=O) groups excluding carboxylic acids is 4. The topological polar surface area (TPSA) is 99.7 Å². The van der Waals surface area contributed by atoms with Gasteiger partial charge in [0, 0.05) is 54.4 Å². The first-order valence-electron chi connectivity index (χ1n) is 12.0. The van der Waals surface area contributed by atoms with E-state index in [4.69, 9.17) is 9.47 Å². The molecular formula is C28H36N4O6. The number of carbonyl (C=O) groups is 4. The highest BCUT2D eigenvalue weighted by Crippen LogP contribution is 2.22. The zero-order valence-electron chi connectivity index (χ0n) is 22.7. The summed E-state index contributed by atoms with van der Waals surface area (Å²) in [6, 6.07) is 16.9. The summed E-state index contributed by atoms with van der Waals surface area (Å²) in [5.74, 6) is -1.51. The third-order valence-electron chi connectivity index (χ3n) is 5.79. The largest absolute Gasteiger partial charge is 0.460 e. The fourth-order valence-corrected chi connectivity index (χ4v) is 3.67. The van der Waals surface area contributed by atoms with Gasteiger partial charge in [-0.3, -0.25) is 0 Å². The molecule has 0 fully saturated rings. The summed E-state index contributed by atoms with van der Waals surface area (Å²) in [6.45, 7) is -0.211. The standard InChI is InChI=1S/C28H36N4O6/c1-29(2)27(35)31(5)23(21-13-9-7-10-14-21)19-37-25(33)17-18-26(34)38-20-24(22-15-11-8-12-16-22)32(6)28(36)30(3)4/h7-18,23-24H,19-20H2,1-6H3/b18-17+/t23-,24-/m1/s1. The maximum atomic E-state index is 12.5. The molecule has 0 N–H and O–H groups in total. The molecule has 0 spiro atoms. The van der Waals surface area contributed by atoms with Gasteiger partial charge in [0.2, 0.25) is 0 Å². The summed E-state index contributed by atoms with van der Waals surface area (Å²) in [6.07, 6.45) is 1.95. The third-order valence-corrected chi connectivity index (χ3v) is 5.79. The molecule has 0 saturated carbocycles. The Hall–Kier alpha value is -4.34. The Kier molecular flexibility index (Phi) is 11.3. The Balaban J connectivity index is 2.01. The van der Waals surface area contributed by atoms with Crippen molar-refractivity contribution in [3.05, 3.63) is 83.9 Å². The molecule has 0 unspecified atom stereocenters. The second kappa shape index (κ2) is 14.4. The molecule has 0 radical (unpaired) electrons. The zero-order chi connectivity index (χ0) is 28.2. The minimum atomic E-state index is -0.756. The molecule has 204 valence electrons. The predicted molar refractivity (Wildman–Crippen MR) is 143 cm³/mol. The van der Waals surface area contributed by atoms with Gasteiger partial charge in [0.15, 0.2) is 0 Å². The Bertz CT molecular complexity index is 1020. The van der Waals surface area contributed by atoms with Crippen molar-refractivity contribution in [3.63, 3.8) is 0 Å². The fourth-order valence-electron chi connectivity index (χ4n) is 3.67. The molecule has 2 rings (SSSR count). The molecule has 2 aromatic rings. The van der Waals surface area contributed by atoms with E-state index in [1.54, 1.807) is 42.3 Å². The molecule has 0 saturated heterocycles. The fraction of sp³-hybridized carbons (Fsp3) is 0.357. The molecule has 0 heterocycles. The highest BCUT2D eigenvalue weighted by atomic mass is 16.5. The molecule has 38 heavy (non-hydrogen) atoms. The van der Waals surface area contributed by atoms with Crippen LogP contribution in [0.1, 0.15) is 23.2 Å². The van der Waals surface area contributed by atoms with Crippen molar-refractivity contribution in [1.29, 1.82) is 0 Å². The average molecular weight is 525 g/mol. The number of benzene rings is 2. The van der Waals surface area contributed by atoms with E-state index < -0.39 is 24.0 Å². The second-order valence-electron chi connectivity index (χ2n) is 9.02. The van der Waals surface area contributed by atoms with E-state index in [0.29, 0.717) is 0 Å². The minimum absolute atomic E-state index is 0.105. The minimum Gasteiger partial charge on any atom is -0.460 e. The summed E-state index contributed by atoms with van der Waals surface area (Å²) >= 11 is 0. The number of nitrogens with zero attached hydrogens (tertiary/aromatic N) is 4. The summed E-state index contributed by atoms with van der Waals surface area (Å²) in [5.41, 5.74) is 1.59. The lowest BCUT2D eigenvalue weighted by Crippen LogP contribution is -2.40. The summed E-state index contributed by atoms with van der Waals surface area (Å²) < 4.78 is 10.7. The van der Waals surface area contributed by atoms with Crippen LogP contribution in [-0.2, 0) is 19.1 Å². The summed E-state index contributed by atoms with van der Waals surface area (Å²) in [7, 11) is 9.80. The van der Waals surface area contributed by atoms with E-state index in [-0.39, 0.29) is 25.3 Å². The third kappa shape index (κ3) is 8.65. The maximum absolute atomic E-state index is 12.5. The van der Waals surface area contributed by atoms with E-state index in [1.165, 1.54) is 19.6 Å². The van der Waals surface area contributed by atoms with Crippen molar-refractivity contribution in [1.82, 2.24) is 19.6 Å². The molecule has 0 aromatic heterocycles. The molecule has 0 aliphatic rings. The van der Waals surface area contributed by atoms with Gasteiger partial charge in [-0.05, 0) is 11.1 Å². The quantitative estimate of drug-likeness (QED) is 0.349. The van der Waals surface area contributed by atoms with Crippen LogP contribution >= 0.6 is 0 Å². The van der Waals surface area contributed by atoms with Gasteiger partial charge in [-0.25, -0.2) is 19.2 Å². The second-order valence-corrected chi connectivity index (χ2v) is 9.02. The average Bonchev–Trinajstić information content (AvgIpc) is 2.91.